The molecule has 0 spiro atoms. The van der Waals surface area contributed by atoms with E-state index >= 15 is 0 Å². The molecule has 4 nitrogen and oxygen atoms in total. The minimum absolute atomic E-state index is 0.0345. The van der Waals surface area contributed by atoms with Crippen molar-refractivity contribution >= 4 is 0 Å². The summed E-state index contributed by atoms with van der Waals surface area (Å²) in [6, 6.07) is 8.75. The molecule has 0 aromatic carbocycles. The second kappa shape index (κ2) is 6.73. The smallest absolute Gasteiger partial charge is 0.251 e. The third-order valence-electron chi connectivity index (χ3n) is 2.99. The molecular weight excluding hydrogens is 240 g/mol. The van der Waals surface area contributed by atoms with E-state index in [1.165, 1.54) is 6.07 Å². The molecule has 0 saturated carbocycles. The number of unbranched alkanes of at least 4 members (excludes halogenated alkanes) is 2. The molecule has 4 heteroatoms. The number of nitrogens with zero attached hydrogens (tertiary/aromatic N) is 1. The molecular formula is C15H18N2O2. The van der Waals surface area contributed by atoms with Crippen LogP contribution in [-0.2, 0) is 12.8 Å². The van der Waals surface area contributed by atoms with Crippen LogP contribution in [0.5, 0.6) is 5.75 Å². The van der Waals surface area contributed by atoms with Gasteiger partial charge in [-0.2, -0.15) is 0 Å². The first kappa shape index (κ1) is 13.3. The van der Waals surface area contributed by atoms with E-state index in [2.05, 4.69) is 9.97 Å². The van der Waals surface area contributed by atoms with Crippen molar-refractivity contribution in [3.63, 3.8) is 0 Å². The van der Waals surface area contributed by atoms with Crippen LogP contribution < -0.4 is 5.56 Å². The van der Waals surface area contributed by atoms with E-state index in [1.807, 2.05) is 24.4 Å². The Labute approximate surface area is 112 Å². The van der Waals surface area contributed by atoms with Crippen molar-refractivity contribution in [3.8, 4) is 5.75 Å². The SMILES string of the molecule is O=c1cc(O)cc(CCCCCc2ccccn2)[nH]1. The lowest BCUT2D eigenvalue weighted by Gasteiger charge is -2.03. The molecule has 0 bridgehead atoms. The molecule has 2 heterocycles. The summed E-state index contributed by atoms with van der Waals surface area (Å²) in [6.07, 6.45) is 6.73. The second-order valence-corrected chi connectivity index (χ2v) is 4.61. The molecule has 2 aromatic heterocycles. The number of aryl methyl sites for hydroxylation is 2. The Bertz CT molecular complexity index is 564. The van der Waals surface area contributed by atoms with E-state index in [0.29, 0.717) is 0 Å². The number of H-pyrrole nitrogens is 1. The number of hydrogen-bond acceptors (Lipinski definition) is 3. The predicted molar refractivity (Wildman–Crippen MR) is 74.2 cm³/mol. The highest BCUT2D eigenvalue weighted by Gasteiger charge is 1.99. The minimum atomic E-state index is -0.247. The average Bonchev–Trinajstić information content (AvgIpc) is 2.38. The van der Waals surface area contributed by atoms with Gasteiger partial charge in [-0.3, -0.25) is 9.78 Å². The van der Waals surface area contributed by atoms with Gasteiger partial charge in [-0.1, -0.05) is 12.5 Å². The Kier molecular flexibility index (Phi) is 4.72. The number of rotatable bonds is 6. The molecule has 0 unspecified atom stereocenters. The van der Waals surface area contributed by atoms with Gasteiger partial charge in [-0.25, -0.2) is 0 Å². The Hall–Kier alpha value is -2.10. The first-order valence-electron chi connectivity index (χ1n) is 6.56. The number of pyridine rings is 2. The fourth-order valence-corrected chi connectivity index (χ4v) is 2.06. The number of aromatic nitrogens is 2. The highest BCUT2D eigenvalue weighted by Crippen LogP contribution is 2.10. The Morgan fingerprint density at radius 3 is 2.68 bits per heavy atom. The molecule has 0 saturated heterocycles. The van der Waals surface area contributed by atoms with Gasteiger partial charge >= 0.3 is 0 Å². The molecule has 100 valence electrons. The van der Waals surface area contributed by atoms with Gasteiger partial charge in [0.1, 0.15) is 5.75 Å². The van der Waals surface area contributed by atoms with Gasteiger partial charge in [-0.05, 0) is 43.9 Å². The molecule has 2 rings (SSSR count). The lowest BCUT2D eigenvalue weighted by molar-refractivity contribution is 0.472. The number of aromatic hydroxyl groups is 1. The van der Waals surface area contributed by atoms with Crippen LogP contribution in [0.15, 0.2) is 41.3 Å². The Morgan fingerprint density at radius 1 is 1.11 bits per heavy atom. The quantitative estimate of drug-likeness (QED) is 0.782. The van der Waals surface area contributed by atoms with Gasteiger partial charge in [0.2, 0.25) is 0 Å². The van der Waals surface area contributed by atoms with Crippen LogP contribution in [0, 0.1) is 0 Å². The van der Waals surface area contributed by atoms with Crippen molar-refractivity contribution in [2.24, 2.45) is 0 Å². The topological polar surface area (TPSA) is 66.0 Å². The molecule has 0 aliphatic rings. The standard InChI is InChI=1S/C15H18N2O2/c18-14-10-13(17-15(19)11-14)8-3-1-2-6-12-7-4-5-9-16-12/h4-5,7,9-11H,1-3,6,8H2,(H2,17,18,19). The minimum Gasteiger partial charge on any atom is -0.508 e. The highest BCUT2D eigenvalue weighted by atomic mass is 16.3. The van der Waals surface area contributed by atoms with Crippen LogP contribution in [0.2, 0.25) is 0 Å². The molecule has 0 fully saturated rings. The van der Waals surface area contributed by atoms with Crippen molar-refractivity contribution in [1.29, 1.82) is 0 Å². The van der Waals surface area contributed by atoms with Gasteiger partial charge < -0.3 is 10.1 Å². The lowest BCUT2D eigenvalue weighted by atomic mass is 10.1. The van der Waals surface area contributed by atoms with Gasteiger partial charge in [-0.15, -0.1) is 0 Å². The number of hydrogen-bond donors (Lipinski definition) is 2. The van der Waals surface area contributed by atoms with Crippen LogP contribution in [-0.4, -0.2) is 15.1 Å². The first-order chi connectivity index (χ1) is 9.24. The van der Waals surface area contributed by atoms with Gasteiger partial charge in [0.25, 0.3) is 5.56 Å². The monoisotopic (exact) mass is 258 g/mol. The van der Waals surface area contributed by atoms with E-state index < -0.39 is 0 Å². The van der Waals surface area contributed by atoms with Crippen LogP contribution in [0.25, 0.3) is 0 Å². The fourth-order valence-electron chi connectivity index (χ4n) is 2.06. The van der Waals surface area contributed by atoms with Gasteiger partial charge in [0, 0.05) is 23.7 Å². The molecule has 2 N–H and O–H groups in total. The van der Waals surface area contributed by atoms with Crippen LogP contribution in [0.1, 0.15) is 30.7 Å². The van der Waals surface area contributed by atoms with Crippen molar-refractivity contribution in [2.45, 2.75) is 32.1 Å². The summed E-state index contributed by atoms with van der Waals surface area (Å²) in [5.41, 5.74) is 1.67. The van der Waals surface area contributed by atoms with E-state index in [4.69, 9.17) is 0 Å². The van der Waals surface area contributed by atoms with Crippen molar-refractivity contribution < 1.29 is 5.11 Å². The second-order valence-electron chi connectivity index (χ2n) is 4.61. The normalized spacial score (nSPS) is 10.5. The maximum Gasteiger partial charge on any atom is 0.251 e. The molecule has 0 aliphatic carbocycles. The van der Waals surface area contributed by atoms with Crippen molar-refractivity contribution in [1.82, 2.24) is 9.97 Å². The molecule has 0 radical (unpaired) electrons. The largest absolute Gasteiger partial charge is 0.508 e. The first-order valence-corrected chi connectivity index (χ1v) is 6.56. The predicted octanol–water partition coefficient (Wildman–Crippen LogP) is 2.43. The van der Waals surface area contributed by atoms with Crippen LogP contribution >= 0.6 is 0 Å². The van der Waals surface area contributed by atoms with Gasteiger partial charge in [0.05, 0.1) is 0 Å². The van der Waals surface area contributed by atoms with Crippen LogP contribution in [0.4, 0.5) is 0 Å². The van der Waals surface area contributed by atoms with Gasteiger partial charge in [0.15, 0.2) is 0 Å². The summed E-state index contributed by atoms with van der Waals surface area (Å²) in [4.78, 5) is 18.2. The summed E-state index contributed by atoms with van der Waals surface area (Å²) >= 11 is 0. The third-order valence-corrected chi connectivity index (χ3v) is 2.99. The average molecular weight is 258 g/mol. The summed E-state index contributed by atoms with van der Waals surface area (Å²) in [5, 5.41) is 9.32. The summed E-state index contributed by atoms with van der Waals surface area (Å²) in [5.74, 6) is 0.0345. The molecule has 0 amide bonds. The Morgan fingerprint density at radius 2 is 1.95 bits per heavy atom. The maximum atomic E-state index is 11.2. The number of aromatic amines is 1. The zero-order valence-electron chi connectivity index (χ0n) is 10.8. The Balaban J connectivity index is 1.71. The summed E-state index contributed by atoms with van der Waals surface area (Å²) < 4.78 is 0. The fraction of sp³-hybridized carbons (Fsp3) is 0.333. The zero-order valence-corrected chi connectivity index (χ0v) is 10.8. The van der Waals surface area contributed by atoms with Crippen molar-refractivity contribution in [2.75, 3.05) is 0 Å². The van der Waals surface area contributed by atoms with Crippen LogP contribution in [0.3, 0.4) is 0 Å². The maximum absolute atomic E-state index is 11.2. The van der Waals surface area contributed by atoms with E-state index in [9.17, 15) is 9.90 Å². The molecule has 19 heavy (non-hydrogen) atoms. The van der Waals surface area contributed by atoms with E-state index in [0.717, 1.165) is 43.5 Å². The van der Waals surface area contributed by atoms with Crippen molar-refractivity contribution in [3.05, 3.63) is 58.3 Å². The number of nitrogens with one attached hydrogen (secondary N) is 1. The zero-order chi connectivity index (χ0) is 13.5. The van der Waals surface area contributed by atoms with E-state index in [-0.39, 0.29) is 11.3 Å². The highest BCUT2D eigenvalue weighted by molar-refractivity contribution is 5.20. The lowest BCUT2D eigenvalue weighted by Crippen LogP contribution is -2.06. The molecule has 0 aliphatic heterocycles. The third kappa shape index (κ3) is 4.58. The summed E-state index contributed by atoms with van der Waals surface area (Å²) in [7, 11) is 0. The molecule has 2 aromatic rings. The van der Waals surface area contributed by atoms with E-state index in [1.54, 1.807) is 6.07 Å². The summed E-state index contributed by atoms with van der Waals surface area (Å²) in [6.45, 7) is 0. The molecule has 0 atom stereocenters.